The Hall–Kier alpha value is -2.56. The number of rotatable bonds is 6. The fourth-order valence-corrected chi connectivity index (χ4v) is 6.51. The van der Waals surface area contributed by atoms with Gasteiger partial charge in [-0.1, -0.05) is 28.8 Å². The van der Waals surface area contributed by atoms with E-state index >= 15 is 0 Å². The Morgan fingerprint density at radius 1 is 1.03 bits per heavy atom. The Bertz CT molecular complexity index is 1170. The van der Waals surface area contributed by atoms with E-state index in [1.54, 1.807) is 12.1 Å². The normalized spacial score (nSPS) is 19.5. The van der Waals surface area contributed by atoms with Gasteiger partial charge in [-0.3, -0.25) is 14.4 Å². The summed E-state index contributed by atoms with van der Waals surface area (Å²) < 4.78 is 34.3. The summed E-state index contributed by atoms with van der Waals surface area (Å²) in [5.74, 6) is -1.25. The molecule has 1 aliphatic heterocycles. The number of carbonyl (C=O) groups is 3. The highest BCUT2D eigenvalue weighted by Gasteiger charge is 2.49. The molecule has 1 aliphatic carbocycles. The van der Waals surface area contributed by atoms with E-state index in [2.05, 4.69) is 15.9 Å². The second-order valence-corrected chi connectivity index (χ2v) is 10.9. The first-order valence-electron chi connectivity index (χ1n) is 10.6. The first-order valence-corrected chi connectivity index (χ1v) is 12.9. The first-order chi connectivity index (χ1) is 15.7. The van der Waals surface area contributed by atoms with Crippen LogP contribution in [0.25, 0.3) is 0 Å². The Labute approximate surface area is 200 Å². The molecule has 33 heavy (non-hydrogen) atoms. The van der Waals surface area contributed by atoms with Gasteiger partial charge in [0.1, 0.15) is 11.8 Å². The molecule has 2 aromatic carbocycles. The molecule has 174 valence electrons. The lowest BCUT2D eigenvalue weighted by Crippen LogP contribution is -2.49. The molecule has 4 rings (SSSR count). The molecule has 0 bridgehead atoms. The van der Waals surface area contributed by atoms with Crippen LogP contribution in [0.1, 0.15) is 39.0 Å². The van der Waals surface area contributed by atoms with Crippen molar-refractivity contribution in [1.82, 2.24) is 4.31 Å². The van der Waals surface area contributed by atoms with E-state index < -0.39 is 33.8 Å². The fourth-order valence-electron chi connectivity index (χ4n) is 4.42. The van der Waals surface area contributed by atoms with Crippen LogP contribution in [0.15, 0.2) is 57.9 Å². The van der Waals surface area contributed by atoms with Crippen LogP contribution in [0, 0.1) is 0 Å². The quantitative estimate of drug-likeness (QED) is 0.318. The minimum atomic E-state index is -4.01. The van der Waals surface area contributed by atoms with Gasteiger partial charge in [0.25, 0.3) is 5.91 Å². The van der Waals surface area contributed by atoms with Crippen LogP contribution in [-0.2, 0) is 24.4 Å². The number of anilines is 1. The average molecular weight is 535 g/mol. The van der Waals surface area contributed by atoms with Crippen LogP contribution in [0.4, 0.5) is 5.69 Å². The molecule has 8 nitrogen and oxygen atoms in total. The molecule has 0 radical (unpaired) electrons. The minimum absolute atomic E-state index is 0.0852. The summed E-state index contributed by atoms with van der Waals surface area (Å²) in [4.78, 5) is 38.5. The molecule has 2 amide bonds. The van der Waals surface area contributed by atoms with Gasteiger partial charge in [-0.05, 0) is 61.4 Å². The molecule has 1 unspecified atom stereocenters. The number of imide groups is 1. The van der Waals surface area contributed by atoms with Crippen molar-refractivity contribution in [2.45, 2.75) is 56.0 Å². The zero-order valence-electron chi connectivity index (χ0n) is 17.9. The van der Waals surface area contributed by atoms with Gasteiger partial charge >= 0.3 is 5.97 Å². The number of amides is 2. The van der Waals surface area contributed by atoms with Crippen molar-refractivity contribution < 1.29 is 27.5 Å². The molecular weight excluding hydrogens is 512 g/mol. The summed E-state index contributed by atoms with van der Waals surface area (Å²) >= 11 is 3.31. The zero-order valence-corrected chi connectivity index (χ0v) is 20.3. The van der Waals surface area contributed by atoms with Crippen LogP contribution in [-0.4, -0.2) is 42.6 Å². The molecule has 1 saturated carbocycles. The Kier molecular flexibility index (Phi) is 6.69. The lowest BCUT2D eigenvalue weighted by Gasteiger charge is -2.32. The summed E-state index contributed by atoms with van der Waals surface area (Å²) in [6, 6.07) is 10.8. The van der Waals surface area contributed by atoms with Crippen molar-refractivity contribution in [3.8, 4) is 5.75 Å². The highest BCUT2D eigenvalue weighted by Crippen LogP contribution is 2.36. The number of hydrogen-bond acceptors (Lipinski definition) is 6. The number of benzene rings is 2. The largest absolute Gasteiger partial charge is 0.427 e. The predicted molar refractivity (Wildman–Crippen MR) is 124 cm³/mol. The standard InChI is InChI=1S/C23H23BrN2O6S/c1-15(27)32-19-10-8-17(9-11-19)25-22(28)14-21(23(25)29)26(18-4-2-3-5-18)33(30,31)20-12-6-16(24)7-13-20/h6-13,18,21H,2-5,14H2,1H3. The average Bonchev–Trinajstić information content (AvgIpc) is 3.37. The van der Waals surface area contributed by atoms with Crippen LogP contribution >= 0.6 is 15.9 Å². The number of esters is 1. The van der Waals surface area contributed by atoms with Crippen molar-refractivity contribution in [2.75, 3.05) is 4.90 Å². The van der Waals surface area contributed by atoms with E-state index in [-0.39, 0.29) is 23.1 Å². The van der Waals surface area contributed by atoms with Crippen molar-refractivity contribution in [3.05, 3.63) is 53.0 Å². The molecule has 2 aromatic rings. The van der Waals surface area contributed by atoms with E-state index in [1.165, 1.54) is 47.6 Å². The third-order valence-corrected chi connectivity index (χ3v) is 8.36. The third kappa shape index (κ3) is 4.73. The fraction of sp³-hybridized carbons (Fsp3) is 0.348. The lowest BCUT2D eigenvalue weighted by atomic mass is 10.2. The molecule has 2 fully saturated rings. The first kappa shape index (κ1) is 23.6. The number of hydrogen-bond donors (Lipinski definition) is 0. The maximum Gasteiger partial charge on any atom is 0.308 e. The summed E-state index contributed by atoms with van der Waals surface area (Å²) in [6.45, 7) is 1.27. The van der Waals surface area contributed by atoms with E-state index in [0.717, 1.165) is 22.2 Å². The molecule has 1 saturated heterocycles. The lowest BCUT2D eigenvalue weighted by molar-refractivity contribution is -0.132. The smallest absolute Gasteiger partial charge is 0.308 e. The molecular formula is C23H23BrN2O6S. The molecule has 1 heterocycles. The Morgan fingerprint density at radius 2 is 1.64 bits per heavy atom. The number of carbonyl (C=O) groups excluding carboxylic acids is 3. The molecule has 0 spiro atoms. The van der Waals surface area contributed by atoms with E-state index in [0.29, 0.717) is 18.5 Å². The number of ether oxygens (including phenoxy) is 1. The van der Waals surface area contributed by atoms with Crippen LogP contribution in [0.2, 0.25) is 0 Å². The molecule has 2 aliphatic rings. The maximum atomic E-state index is 13.6. The SMILES string of the molecule is CC(=O)Oc1ccc(N2C(=O)CC(N(C3CCCC3)S(=O)(=O)c3ccc(Br)cc3)C2=O)cc1. The van der Waals surface area contributed by atoms with E-state index in [4.69, 9.17) is 4.74 Å². The summed E-state index contributed by atoms with van der Waals surface area (Å²) in [6.07, 6.45) is 2.80. The number of halogens is 1. The van der Waals surface area contributed by atoms with Crippen LogP contribution in [0.5, 0.6) is 5.75 Å². The Balaban J connectivity index is 1.67. The van der Waals surface area contributed by atoms with Gasteiger partial charge in [0.05, 0.1) is 17.0 Å². The molecule has 0 N–H and O–H groups in total. The van der Waals surface area contributed by atoms with Gasteiger partial charge < -0.3 is 4.74 Å². The maximum absolute atomic E-state index is 13.6. The number of sulfonamides is 1. The monoisotopic (exact) mass is 534 g/mol. The zero-order chi connectivity index (χ0) is 23.8. The van der Waals surface area contributed by atoms with Crippen molar-refractivity contribution in [3.63, 3.8) is 0 Å². The van der Waals surface area contributed by atoms with Crippen LogP contribution in [0.3, 0.4) is 0 Å². The van der Waals surface area contributed by atoms with Gasteiger partial charge in [-0.2, -0.15) is 4.31 Å². The molecule has 1 atom stereocenters. The van der Waals surface area contributed by atoms with Crippen LogP contribution < -0.4 is 9.64 Å². The predicted octanol–water partition coefficient (Wildman–Crippen LogP) is 3.64. The highest BCUT2D eigenvalue weighted by atomic mass is 79.9. The second-order valence-electron chi connectivity index (χ2n) is 8.10. The van der Waals surface area contributed by atoms with Gasteiger partial charge in [0, 0.05) is 17.4 Å². The molecule has 0 aromatic heterocycles. The number of nitrogens with zero attached hydrogens (tertiary/aromatic N) is 2. The van der Waals surface area contributed by atoms with E-state index in [1.807, 2.05) is 0 Å². The van der Waals surface area contributed by atoms with Gasteiger partial charge in [0.2, 0.25) is 15.9 Å². The van der Waals surface area contributed by atoms with Gasteiger partial charge in [-0.25, -0.2) is 13.3 Å². The summed E-state index contributed by atoms with van der Waals surface area (Å²) in [5, 5.41) is 0. The van der Waals surface area contributed by atoms with E-state index in [9.17, 15) is 22.8 Å². The van der Waals surface area contributed by atoms with Crippen molar-refractivity contribution in [2.24, 2.45) is 0 Å². The summed E-state index contributed by atoms with van der Waals surface area (Å²) in [5.41, 5.74) is 0.302. The topological polar surface area (TPSA) is 101 Å². The third-order valence-electron chi connectivity index (χ3n) is 5.86. The highest BCUT2D eigenvalue weighted by molar-refractivity contribution is 9.10. The van der Waals surface area contributed by atoms with Crippen molar-refractivity contribution in [1.29, 1.82) is 0 Å². The van der Waals surface area contributed by atoms with Gasteiger partial charge in [-0.15, -0.1) is 0 Å². The minimum Gasteiger partial charge on any atom is -0.427 e. The van der Waals surface area contributed by atoms with Gasteiger partial charge in [0.15, 0.2) is 0 Å². The molecule has 10 heteroatoms. The summed E-state index contributed by atoms with van der Waals surface area (Å²) in [7, 11) is -4.01. The second kappa shape index (κ2) is 9.36. The van der Waals surface area contributed by atoms with Crippen molar-refractivity contribution >= 4 is 49.4 Å². The Morgan fingerprint density at radius 3 is 2.21 bits per heavy atom.